The van der Waals surface area contributed by atoms with Crippen LogP contribution in [0, 0.1) is 12.7 Å². The molecule has 2 amide bonds. The lowest BCUT2D eigenvalue weighted by atomic mass is 10.1. The minimum atomic E-state index is -0.609. The molecule has 35 heavy (non-hydrogen) atoms. The van der Waals surface area contributed by atoms with Gasteiger partial charge in [0.1, 0.15) is 11.5 Å². The summed E-state index contributed by atoms with van der Waals surface area (Å²) in [4.78, 5) is 34.8. The van der Waals surface area contributed by atoms with Crippen molar-refractivity contribution < 1.29 is 23.5 Å². The van der Waals surface area contributed by atoms with Crippen LogP contribution >= 0.6 is 0 Å². The van der Waals surface area contributed by atoms with E-state index < -0.39 is 11.9 Å². The molecule has 0 bridgehead atoms. The molecule has 3 aromatic heterocycles. The number of anilines is 2. The molecule has 1 N–H and O–H groups in total. The number of aromatic nitrogens is 3. The molecular weight excluding hydrogens is 453 g/mol. The van der Waals surface area contributed by atoms with E-state index in [1.165, 1.54) is 30.2 Å². The van der Waals surface area contributed by atoms with Crippen LogP contribution in [0.2, 0.25) is 0 Å². The molecule has 180 valence electrons. The molecule has 3 heterocycles. The number of fused-ring (bicyclic) bond motifs is 1. The largest absolute Gasteiger partial charge is 0.491 e. The number of hydrogen-bond acceptors (Lipinski definition) is 6. The molecule has 10 heteroatoms. The molecule has 0 fully saturated rings. The van der Waals surface area contributed by atoms with E-state index in [1.807, 2.05) is 17.4 Å². The maximum absolute atomic E-state index is 14.0. The third kappa shape index (κ3) is 4.77. The Hall–Kier alpha value is -4.47. The fourth-order valence-electron chi connectivity index (χ4n) is 3.62. The van der Waals surface area contributed by atoms with E-state index in [0.717, 1.165) is 22.5 Å². The zero-order chi connectivity index (χ0) is 25.1. The van der Waals surface area contributed by atoms with E-state index >= 15 is 0 Å². The Bertz CT molecular complexity index is 1400. The van der Waals surface area contributed by atoms with Gasteiger partial charge in [0.25, 0.3) is 5.91 Å². The van der Waals surface area contributed by atoms with E-state index in [0.29, 0.717) is 17.1 Å². The molecule has 4 rings (SSSR count). The maximum Gasteiger partial charge on any atom is 0.412 e. The summed E-state index contributed by atoms with van der Waals surface area (Å²) in [5.74, 6) is -0.450. The Morgan fingerprint density at radius 2 is 1.94 bits per heavy atom. The van der Waals surface area contributed by atoms with E-state index in [2.05, 4.69) is 20.0 Å². The van der Waals surface area contributed by atoms with Crippen LogP contribution in [0.3, 0.4) is 0 Å². The summed E-state index contributed by atoms with van der Waals surface area (Å²) in [5.41, 5.74) is 4.03. The number of carbonyl (C=O) groups is 2. The van der Waals surface area contributed by atoms with E-state index in [-0.39, 0.29) is 18.3 Å². The first-order valence-corrected chi connectivity index (χ1v) is 10.8. The van der Waals surface area contributed by atoms with Crippen molar-refractivity contribution in [2.24, 2.45) is 0 Å². The average Bonchev–Trinajstić information content (AvgIpc) is 3.29. The topological polar surface area (TPSA) is 98.1 Å². The minimum Gasteiger partial charge on any atom is -0.491 e. The first-order valence-electron chi connectivity index (χ1n) is 10.8. The molecule has 0 radical (unpaired) electrons. The number of pyridine rings is 2. The minimum absolute atomic E-state index is 0.0351. The highest BCUT2D eigenvalue weighted by Gasteiger charge is 2.19. The van der Waals surface area contributed by atoms with Gasteiger partial charge < -0.3 is 14.4 Å². The predicted octanol–water partition coefficient (Wildman–Crippen LogP) is 4.70. The van der Waals surface area contributed by atoms with Gasteiger partial charge >= 0.3 is 6.09 Å². The van der Waals surface area contributed by atoms with Gasteiger partial charge in [0.2, 0.25) is 0 Å². The van der Waals surface area contributed by atoms with Gasteiger partial charge in [-0.15, -0.1) is 0 Å². The Morgan fingerprint density at radius 3 is 2.63 bits per heavy atom. The monoisotopic (exact) mass is 477 g/mol. The highest BCUT2D eigenvalue weighted by atomic mass is 19.1. The van der Waals surface area contributed by atoms with Crippen LogP contribution in [0.1, 0.15) is 22.8 Å². The predicted molar refractivity (Wildman–Crippen MR) is 129 cm³/mol. The van der Waals surface area contributed by atoms with Crippen molar-refractivity contribution in [2.75, 3.05) is 31.0 Å². The third-order valence-corrected chi connectivity index (χ3v) is 5.42. The van der Waals surface area contributed by atoms with Crippen LogP contribution in [0.5, 0.6) is 5.75 Å². The van der Waals surface area contributed by atoms with Crippen molar-refractivity contribution in [3.8, 4) is 17.0 Å². The number of ether oxygens (including phenoxy) is 2. The molecule has 0 spiro atoms. The van der Waals surface area contributed by atoms with Gasteiger partial charge in [0.15, 0.2) is 11.6 Å². The molecule has 0 aliphatic rings. The van der Waals surface area contributed by atoms with E-state index in [9.17, 15) is 14.0 Å². The Morgan fingerprint density at radius 1 is 1.14 bits per heavy atom. The Labute approximate surface area is 201 Å². The van der Waals surface area contributed by atoms with Crippen LogP contribution < -0.4 is 15.0 Å². The van der Waals surface area contributed by atoms with E-state index in [4.69, 9.17) is 4.74 Å². The van der Waals surface area contributed by atoms with Crippen LogP contribution in [-0.4, -0.2) is 47.1 Å². The maximum atomic E-state index is 14.0. The van der Waals surface area contributed by atoms with Crippen molar-refractivity contribution in [3.05, 3.63) is 71.9 Å². The average molecular weight is 477 g/mol. The quantitative estimate of drug-likeness (QED) is 0.432. The van der Waals surface area contributed by atoms with E-state index in [1.54, 1.807) is 44.7 Å². The Balaban J connectivity index is 1.67. The molecule has 0 atom stereocenters. The molecule has 0 saturated carbocycles. The van der Waals surface area contributed by atoms with Crippen LogP contribution in [0.25, 0.3) is 16.9 Å². The molecule has 0 aliphatic heterocycles. The summed E-state index contributed by atoms with van der Waals surface area (Å²) in [5, 5.41) is 2.51. The van der Waals surface area contributed by atoms with Gasteiger partial charge in [-0.25, -0.2) is 19.2 Å². The van der Waals surface area contributed by atoms with Crippen LogP contribution in [-0.2, 0) is 4.74 Å². The first-order chi connectivity index (χ1) is 16.8. The highest BCUT2D eigenvalue weighted by molar-refractivity contribution is 6.06. The summed E-state index contributed by atoms with van der Waals surface area (Å²) in [6, 6.07) is 9.37. The normalized spacial score (nSPS) is 10.8. The molecule has 1 aromatic carbocycles. The second kappa shape index (κ2) is 9.80. The van der Waals surface area contributed by atoms with Crippen molar-refractivity contribution >= 4 is 29.2 Å². The van der Waals surface area contributed by atoms with Crippen molar-refractivity contribution in [1.29, 1.82) is 0 Å². The number of imidazole rings is 1. The number of aryl methyl sites for hydroxylation is 1. The van der Waals surface area contributed by atoms with Crippen molar-refractivity contribution in [3.63, 3.8) is 0 Å². The number of hydrogen-bond donors (Lipinski definition) is 1. The lowest BCUT2D eigenvalue weighted by Gasteiger charge is -2.19. The first kappa shape index (κ1) is 23.7. The fraction of sp³-hybridized carbons (Fsp3) is 0.200. The van der Waals surface area contributed by atoms with Gasteiger partial charge in [-0.1, -0.05) is 0 Å². The molecule has 0 unspecified atom stereocenters. The number of halogens is 1. The van der Waals surface area contributed by atoms with Gasteiger partial charge in [0.05, 0.1) is 31.3 Å². The summed E-state index contributed by atoms with van der Waals surface area (Å²) >= 11 is 0. The fourth-order valence-corrected chi connectivity index (χ4v) is 3.62. The molecular formula is C25H24FN5O4. The van der Waals surface area contributed by atoms with Gasteiger partial charge in [0, 0.05) is 30.6 Å². The number of rotatable bonds is 6. The third-order valence-electron chi connectivity index (χ3n) is 5.42. The molecule has 4 aromatic rings. The number of benzene rings is 1. The molecule has 0 saturated heterocycles. The summed E-state index contributed by atoms with van der Waals surface area (Å²) in [6.45, 7) is 3.94. The Kier molecular flexibility index (Phi) is 6.63. The molecule has 9 nitrogen and oxygen atoms in total. The number of nitrogens with one attached hydrogen (secondary N) is 1. The number of carbonyl (C=O) groups excluding carboxylic acids is 2. The van der Waals surface area contributed by atoms with Crippen LogP contribution in [0.15, 0.2) is 55.0 Å². The lowest BCUT2D eigenvalue weighted by molar-refractivity contribution is 0.0992. The number of nitrogens with zero attached hydrogens (tertiary/aromatic N) is 4. The second-order valence-electron chi connectivity index (χ2n) is 7.71. The molecule has 0 aliphatic carbocycles. The smallest absolute Gasteiger partial charge is 0.412 e. The number of amides is 2. The summed E-state index contributed by atoms with van der Waals surface area (Å²) in [7, 11) is 2.93. The lowest BCUT2D eigenvalue weighted by Crippen LogP contribution is -2.26. The van der Waals surface area contributed by atoms with Gasteiger partial charge in [-0.2, -0.15) is 0 Å². The van der Waals surface area contributed by atoms with Gasteiger partial charge in [-0.3, -0.25) is 14.5 Å². The zero-order valence-electron chi connectivity index (χ0n) is 19.7. The van der Waals surface area contributed by atoms with Gasteiger partial charge in [-0.05, 0) is 55.8 Å². The van der Waals surface area contributed by atoms with Crippen molar-refractivity contribution in [1.82, 2.24) is 14.4 Å². The van der Waals surface area contributed by atoms with Crippen LogP contribution in [0.4, 0.5) is 20.7 Å². The highest BCUT2D eigenvalue weighted by Crippen LogP contribution is 2.27. The zero-order valence-corrected chi connectivity index (χ0v) is 19.7. The second-order valence-corrected chi connectivity index (χ2v) is 7.71. The standard InChI is InChI=1S/C25H24FN5O4/c1-5-35-21-11-16(6-8-19(21)26)24(32)30(3)18-10-15(2)23-28-13-20(31(23)14-18)17-7-9-22(27-12-17)29-25(33)34-4/h6-14H,5H2,1-4H3,(H,27,29,33). The summed E-state index contributed by atoms with van der Waals surface area (Å²) < 4.78 is 25.7. The summed E-state index contributed by atoms with van der Waals surface area (Å²) in [6.07, 6.45) is 4.52. The SMILES string of the molecule is CCOc1cc(C(=O)N(C)c2cc(C)c3ncc(-c4ccc(NC(=O)OC)nc4)n3c2)ccc1F. The number of methoxy groups -OCH3 is 1. The van der Waals surface area contributed by atoms with Crippen molar-refractivity contribution in [2.45, 2.75) is 13.8 Å².